The molecule has 1 rings (SSSR count). The van der Waals surface area contributed by atoms with Gasteiger partial charge in [0.15, 0.2) is 0 Å². The fourth-order valence-electron chi connectivity index (χ4n) is 1.37. The fourth-order valence-corrected chi connectivity index (χ4v) is 1.37. The molecule has 0 heterocycles. The lowest BCUT2D eigenvalue weighted by molar-refractivity contribution is -0.120. The van der Waals surface area contributed by atoms with Gasteiger partial charge in [0.05, 0.1) is 6.42 Å². The van der Waals surface area contributed by atoms with Gasteiger partial charge in [-0.05, 0) is 18.1 Å². The van der Waals surface area contributed by atoms with Crippen LogP contribution in [0, 0.1) is 0 Å². The van der Waals surface area contributed by atoms with Crippen molar-refractivity contribution in [1.82, 2.24) is 5.32 Å². The maximum absolute atomic E-state index is 11.5. The number of para-hydroxylation sites is 1. The molecule has 1 aromatic carbocycles. The molecule has 4 nitrogen and oxygen atoms in total. The Morgan fingerprint density at radius 2 is 2.19 bits per heavy atom. The zero-order valence-corrected chi connectivity index (χ0v) is 9.53. The topological polar surface area (TPSA) is 64.3 Å². The number of ether oxygens (including phenoxy) is 1. The molecule has 1 aromatic rings. The van der Waals surface area contributed by atoms with Crippen LogP contribution in [-0.4, -0.2) is 26.2 Å². The Balaban J connectivity index is 2.32. The van der Waals surface area contributed by atoms with E-state index < -0.39 is 0 Å². The van der Waals surface area contributed by atoms with E-state index in [0.717, 1.165) is 12.0 Å². The number of rotatable bonds is 6. The molecule has 0 fully saturated rings. The van der Waals surface area contributed by atoms with E-state index >= 15 is 0 Å². The number of amides is 1. The van der Waals surface area contributed by atoms with Crippen LogP contribution in [0.2, 0.25) is 0 Å². The number of hydrogen-bond acceptors (Lipinski definition) is 3. The first-order valence-corrected chi connectivity index (χ1v) is 5.33. The van der Waals surface area contributed by atoms with Crippen LogP contribution in [0.4, 0.5) is 5.69 Å². The fraction of sp³-hybridized carbons (Fsp3) is 0.417. The molecule has 0 aliphatic carbocycles. The van der Waals surface area contributed by atoms with Gasteiger partial charge < -0.3 is 15.8 Å². The Kier molecular flexibility index (Phi) is 5.36. The minimum atomic E-state index is -0.00555. The highest BCUT2D eigenvalue weighted by molar-refractivity contribution is 5.80. The number of carbonyl (C=O) groups is 1. The van der Waals surface area contributed by atoms with Gasteiger partial charge in [-0.3, -0.25) is 4.79 Å². The van der Waals surface area contributed by atoms with Crippen molar-refractivity contribution in [2.75, 3.05) is 26.0 Å². The summed E-state index contributed by atoms with van der Waals surface area (Å²) in [5, 5.41) is 2.82. The Morgan fingerprint density at radius 1 is 1.44 bits per heavy atom. The molecule has 88 valence electrons. The van der Waals surface area contributed by atoms with E-state index in [1.807, 2.05) is 18.2 Å². The summed E-state index contributed by atoms with van der Waals surface area (Å²) in [6, 6.07) is 7.40. The average Bonchev–Trinajstić information content (AvgIpc) is 2.28. The van der Waals surface area contributed by atoms with Crippen LogP contribution < -0.4 is 11.1 Å². The van der Waals surface area contributed by atoms with Gasteiger partial charge in [0.1, 0.15) is 0 Å². The van der Waals surface area contributed by atoms with Crippen LogP contribution in [0.1, 0.15) is 12.0 Å². The van der Waals surface area contributed by atoms with Crippen LogP contribution in [-0.2, 0) is 16.0 Å². The third kappa shape index (κ3) is 4.31. The average molecular weight is 222 g/mol. The van der Waals surface area contributed by atoms with Crippen LogP contribution in [0.25, 0.3) is 0 Å². The molecule has 16 heavy (non-hydrogen) atoms. The van der Waals surface area contributed by atoms with E-state index in [0.29, 0.717) is 25.3 Å². The molecule has 1 amide bonds. The summed E-state index contributed by atoms with van der Waals surface area (Å²) in [5.41, 5.74) is 7.27. The van der Waals surface area contributed by atoms with Gasteiger partial charge in [-0.1, -0.05) is 18.2 Å². The summed E-state index contributed by atoms with van der Waals surface area (Å²) in [6.45, 7) is 1.30. The van der Waals surface area contributed by atoms with E-state index in [4.69, 9.17) is 10.5 Å². The van der Waals surface area contributed by atoms with Gasteiger partial charge in [-0.25, -0.2) is 0 Å². The minimum absolute atomic E-state index is 0.00555. The summed E-state index contributed by atoms with van der Waals surface area (Å²) in [7, 11) is 1.65. The third-order valence-electron chi connectivity index (χ3n) is 2.25. The van der Waals surface area contributed by atoms with Gasteiger partial charge >= 0.3 is 0 Å². The normalized spacial score (nSPS) is 10.1. The van der Waals surface area contributed by atoms with Gasteiger partial charge in [0.2, 0.25) is 5.91 Å². The molecule has 3 N–H and O–H groups in total. The first-order valence-electron chi connectivity index (χ1n) is 5.33. The molecule has 0 aliphatic rings. The summed E-state index contributed by atoms with van der Waals surface area (Å²) in [4.78, 5) is 11.5. The van der Waals surface area contributed by atoms with Gasteiger partial charge in [-0.2, -0.15) is 0 Å². The van der Waals surface area contributed by atoms with Crippen molar-refractivity contribution in [3.63, 3.8) is 0 Å². The monoisotopic (exact) mass is 222 g/mol. The quantitative estimate of drug-likeness (QED) is 0.556. The molecule has 4 heteroatoms. The Bertz CT molecular complexity index is 340. The van der Waals surface area contributed by atoms with E-state index in [2.05, 4.69) is 5.32 Å². The standard InChI is InChI=1S/C12H18N2O2/c1-16-8-4-7-14-12(15)9-10-5-2-3-6-11(10)13/h2-3,5-6H,4,7-9,13H2,1H3,(H,14,15). The number of nitrogens with one attached hydrogen (secondary N) is 1. The molecule has 0 unspecified atom stereocenters. The highest BCUT2D eigenvalue weighted by Gasteiger charge is 2.04. The van der Waals surface area contributed by atoms with Gasteiger partial charge in [0, 0.05) is 25.9 Å². The number of nitrogens with two attached hydrogens (primary N) is 1. The summed E-state index contributed by atoms with van der Waals surface area (Å²) in [5.74, 6) is -0.00555. The highest BCUT2D eigenvalue weighted by atomic mass is 16.5. The molecule has 0 radical (unpaired) electrons. The van der Waals surface area contributed by atoms with E-state index in [1.54, 1.807) is 13.2 Å². The lowest BCUT2D eigenvalue weighted by Gasteiger charge is -2.06. The summed E-state index contributed by atoms with van der Waals surface area (Å²) < 4.78 is 4.89. The van der Waals surface area contributed by atoms with Crippen LogP contribution in [0.5, 0.6) is 0 Å². The smallest absolute Gasteiger partial charge is 0.224 e. The molecule has 0 bridgehead atoms. The highest BCUT2D eigenvalue weighted by Crippen LogP contribution is 2.10. The van der Waals surface area contributed by atoms with Crippen LogP contribution in [0.15, 0.2) is 24.3 Å². The number of methoxy groups -OCH3 is 1. The van der Waals surface area contributed by atoms with Crippen LogP contribution in [0.3, 0.4) is 0 Å². The summed E-state index contributed by atoms with van der Waals surface area (Å²) in [6.07, 6.45) is 1.16. The van der Waals surface area contributed by atoms with Crippen LogP contribution >= 0.6 is 0 Å². The van der Waals surface area contributed by atoms with Crippen molar-refractivity contribution < 1.29 is 9.53 Å². The van der Waals surface area contributed by atoms with Gasteiger partial charge in [-0.15, -0.1) is 0 Å². The second-order valence-electron chi connectivity index (χ2n) is 3.57. The van der Waals surface area contributed by atoms with E-state index in [9.17, 15) is 4.79 Å². The second kappa shape index (κ2) is 6.85. The van der Waals surface area contributed by atoms with Gasteiger partial charge in [0.25, 0.3) is 0 Å². The largest absolute Gasteiger partial charge is 0.398 e. The van der Waals surface area contributed by atoms with Crippen molar-refractivity contribution in [3.05, 3.63) is 29.8 Å². The van der Waals surface area contributed by atoms with Crippen molar-refractivity contribution in [2.45, 2.75) is 12.8 Å². The number of hydrogen-bond donors (Lipinski definition) is 2. The molecular formula is C12H18N2O2. The number of benzene rings is 1. The molecule has 0 saturated carbocycles. The number of carbonyl (C=O) groups excluding carboxylic acids is 1. The molecular weight excluding hydrogens is 204 g/mol. The lowest BCUT2D eigenvalue weighted by atomic mass is 10.1. The number of anilines is 1. The number of nitrogen functional groups attached to an aromatic ring is 1. The maximum atomic E-state index is 11.5. The second-order valence-corrected chi connectivity index (χ2v) is 3.57. The lowest BCUT2D eigenvalue weighted by Crippen LogP contribution is -2.27. The molecule has 0 atom stereocenters. The van der Waals surface area contributed by atoms with Crippen molar-refractivity contribution in [2.24, 2.45) is 0 Å². The van der Waals surface area contributed by atoms with Crippen molar-refractivity contribution >= 4 is 11.6 Å². The Hall–Kier alpha value is -1.55. The van der Waals surface area contributed by atoms with E-state index in [1.165, 1.54) is 0 Å². The molecule has 0 spiro atoms. The maximum Gasteiger partial charge on any atom is 0.224 e. The first-order chi connectivity index (χ1) is 7.74. The molecule has 0 saturated heterocycles. The zero-order valence-electron chi connectivity index (χ0n) is 9.53. The van der Waals surface area contributed by atoms with Crippen molar-refractivity contribution in [3.8, 4) is 0 Å². The minimum Gasteiger partial charge on any atom is -0.398 e. The third-order valence-corrected chi connectivity index (χ3v) is 2.25. The Labute approximate surface area is 95.8 Å². The predicted octanol–water partition coefficient (Wildman–Crippen LogP) is 0.964. The Morgan fingerprint density at radius 3 is 2.88 bits per heavy atom. The first kappa shape index (κ1) is 12.5. The van der Waals surface area contributed by atoms with E-state index in [-0.39, 0.29) is 5.91 Å². The SMILES string of the molecule is COCCCNC(=O)Cc1ccccc1N. The predicted molar refractivity (Wildman–Crippen MR) is 64.1 cm³/mol. The summed E-state index contributed by atoms with van der Waals surface area (Å²) >= 11 is 0. The van der Waals surface area contributed by atoms with Crippen molar-refractivity contribution in [1.29, 1.82) is 0 Å². The zero-order chi connectivity index (χ0) is 11.8. The molecule has 0 aliphatic heterocycles. The molecule has 0 aromatic heterocycles.